The Morgan fingerprint density at radius 1 is 1.05 bits per heavy atom. The van der Waals surface area contributed by atoms with Crippen molar-refractivity contribution in [3.05, 3.63) is 28.8 Å². The first-order valence-electron chi connectivity index (χ1n) is 7.93. The normalized spacial score (nSPS) is 18.8. The number of urea groups is 1. The summed E-state index contributed by atoms with van der Waals surface area (Å²) >= 11 is 0. The second kappa shape index (κ2) is 5.58. The average Bonchev–Trinajstić information content (AvgIpc) is 3.22. The highest BCUT2D eigenvalue weighted by molar-refractivity contribution is 5.75. The Labute approximate surface area is 127 Å². The predicted octanol–water partition coefficient (Wildman–Crippen LogP) is 2.61. The number of amides is 2. The maximum absolute atomic E-state index is 12.1. The van der Waals surface area contributed by atoms with Gasteiger partial charge in [-0.3, -0.25) is 0 Å². The van der Waals surface area contributed by atoms with Crippen LogP contribution < -0.4 is 10.2 Å². The molecule has 1 N–H and O–H groups in total. The number of hydrogen-bond donors (Lipinski definition) is 1. The van der Waals surface area contributed by atoms with Crippen LogP contribution >= 0.6 is 0 Å². The molecule has 0 atom stereocenters. The molecule has 1 saturated carbocycles. The van der Waals surface area contributed by atoms with Crippen LogP contribution in [-0.2, 0) is 0 Å². The van der Waals surface area contributed by atoms with Crippen LogP contribution in [-0.4, -0.2) is 43.2 Å². The van der Waals surface area contributed by atoms with Gasteiger partial charge in [-0.25, -0.2) is 4.79 Å². The van der Waals surface area contributed by atoms with E-state index in [9.17, 15) is 4.79 Å². The smallest absolute Gasteiger partial charge is 0.317 e. The predicted molar refractivity (Wildman–Crippen MR) is 86.0 cm³/mol. The fourth-order valence-electron chi connectivity index (χ4n) is 3.30. The number of hydrogen-bond acceptors (Lipinski definition) is 2. The van der Waals surface area contributed by atoms with Crippen molar-refractivity contribution in [1.29, 1.82) is 0 Å². The van der Waals surface area contributed by atoms with Gasteiger partial charge in [-0.1, -0.05) is 17.7 Å². The van der Waals surface area contributed by atoms with Crippen molar-refractivity contribution >= 4 is 11.7 Å². The van der Waals surface area contributed by atoms with Crippen LogP contribution in [0.15, 0.2) is 12.1 Å². The van der Waals surface area contributed by atoms with Crippen molar-refractivity contribution in [1.82, 2.24) is 10.2 Å². The van der Waals surface area contributed by atoms with Crippen molar-refractivity contribution < 1.29 is 4.79 Å². The van der Waals surface area contributed by atoms with Gasteiger partial charge in [-0.15, -0.1) is 0 Å². The standard InChI is InChI=1S/C17H25N3O/c1-12-10-13(2)16(14(3)11-12)19-6-8-20(9-7-19)17(21)18-15-4-5-15/h10-11,15H,4-9H2,1-3H3,(H,18,21). The summed E-state index contributed by atoms with van der Waals surface area (Å²) in [4.78, 5) is 16.4. The number of benzene rings is 1. The van der Waals surface area contributed by atoms with Gasteiger partial charge < -0.3 is 15.1 Å². The molecule has 114 valence electrons. The van der Waals surface area contributed by atoms with Crippen LogP contribution in [0.3, 0.4) is 0 Å². The van der Waals surface area contributed by atoms with Gasteiger partial charge in [0.1, 0.15) is 0 Å². The Morgan fingerprint density at radius 2 is 1.62 bits per heavy atom. The van der Waals surface area contributed by atoms with Gasteiger partial charge >= 0.3 is 6.03 Å². The highest BCUT2D eigenvalue weighted by Gasteiger charge is 2.28. The minimum atomic E-state index is 0.120. The lowest BCUT2D eigenvalue weighted by atomic mass is 10.0. The topological polar surface area (TPSA) is 35.6 Å². The molecule has 2 fully saturated rings. The van der Waals surface area contributed by atoms with Gasteiger partial charge in [0.25, 0.3) is 0 Å². The summed E-state index contributed by atoms with van der Waals surface area (Å²) in [7, 11) is 0. The van der Waals surface area contributed by atoms with Crippen molar-refractivity contribution in [3.63, 3.8) is 0 Å². The summed E-state index contributed by atoms with van der Waals surface area (Å²) in [5.74, 6) is 0. The number of carbonyl (C=O) groups excluding carboxylic acids is 1. The lowest BCUT2D eigenvalue weighted by Crippen LogP contribution is -2.52. The summed E-state index contributed by atoms with van der Waals surface area (Å²) in [5, 5.41) is 3.08. The second-order valence-corrected chi connectivity index (χ2v) is 6.45. The minimum absolute atomic E-state index is 0.120. The zero-order chi connectivity index (χ0) is 15.0. The Morgan fingerprint density at radius 3 is 2.14 bits per heavy atom. The van der Waals surface area contributed by atoms with Crippen LogP contribution in [0.2, 0.25) is 0 Å². The van der Waals surface area contributed by atoms with E-state index < -0.39 is 0 Å². The summed E-state index contributed by atoms with van der Waals surface area (Å²) in [5.41, 5.74) is 5.34. The van der Waals surface area contributed by atoms with Crippen molar-refractivity contribution in [2.75, 3.05) is 31.1 Å². The largest absolute Gasteiger partial charge is 0.368 e. The molecule has 1 aromatic carbocycles. The quantitative estimate of drug-likeness (QED) is 0.907. The number of aryl methyl sites for hydroxylation is 3. The Kier molecular flexibility index (Phi) is 3.79. The van der Waals surface area contributed by atoms with E-state index in [0.29, 0.717) is 6.04 Å². The van der Waals surface area contributed by atoms with Crippen LogP contribution in [0.25, 0.3) is 0 Å². The maximum atomic E-state index is 12.1. The van der Waals surface area contributed by atoms with Crippen LogP contribution in [0, 0.1) is 20.8 Å². The molecule has 0 radical (unpaired) electrons. The van der Waals surface area contributed by atoms with Crippen molar-refractivity contribution in [2.45, 2.75) is 39.7 Å². The molecule has 1 heterocycles. The first-order valence-corrected chi connectivity index (χ1v) is 7.93. The Hall–Kier alpha value is -1.71. The molecule has 0 bridgehead atoms. The number of nitrogens with one attached hydrogen (secondary N) is 1. The van der Waals surface area contributed by atoms with E-state index in [-0.39, 0.29) is 6.03 Å². The van der Waals surface area contributed by atoms with E-state index >= 15 is 0 Å². The van der Waals surface area contributed by atoms with Gasteiger partial charge in [-0.2, -0.15) is 0 Å². The number of nitrogens with zero attached hydrogens (tertiary/aromatic N) is 2. The molecule has 21 heavy (non-hydrogen) atoms. The molecule has 1 saturated heterocycles. The molecule has 3 rings (SSSR count). The molecular weight excluding hydrogens is 262 g/mol. The summed E-state index contributed by atoms with van der Waals surface area (Å²) in [6, 6.07) is 5.05. The zero-order valence-electron chi connectivity index (χ0n) is 13.3. The molecule has 2 aliphatic rings. The molecule has 1 aliphatic carbocycles. The van der Waals surface area contributed by atoms with Crippen LogP contribution in [0.1, 0.15) is 29.5 Å². The fourth-order valence-corrected chi connectivity index (χ4v) is 3.30. The second-order valence-electron chi connectivity index (χ2n) is 6.45. The molecule has 0 spiro atoms. The minimum Gasteiger partial charge on any atom is -0.368 e. The molecule has 1 aromatic rings. The Balaban J connectivity index is 1.64. The molecule has 4 nitrogen and oxygen atoms in total. The van der Waals surface area contributed by atoms with E-state index in [1.807, 2.05) is 4.90 Å². The number of rotatable bonds is 2. The summed E-state index contributed by atoms with van der Waals surface area (Å²) in [6.45, 7) is 9.97. The third kappa shape index (κ3) is 3.14. The lowest BCUT2D eigenvalue weighted by molar-refractivity contribution is 0.194. The monoisotopic (exact) mass is 287 g/mol. The number of piperazine rings is 1. The highest BCUT2D eigenvalue weighted by Crippen LogP contribution is 2.27. The first kappa shape index (κ1) is 14.2. The molecule has 0 aromatic heterocycles. The third-order valence-corrected chi connectivity index (χ3v) is 4.42. The van der Waals surface area contributed by atoms with E-state index in [2.05, 4.69) is 43.1 Å². The number of anilines is 1. The van der Waals surface area contributed by atoms with Gasteiger partial charge in [0.15, 0.2) is 0 Å². The molecule has 2 amide bonds. The molecule has 4 heteroatoms. The molecule has 0 unspecified atom stereocenters. The molecular formula is C17H25N3O. The van der Waals surface area contributed by atoms with Crippen molar-refractivity contribution in [2.24, 2.45) is 0 Å². The first-order chi connectivity index (χ1) is 10.0. The van der Waals surface area contributed by atoms with Crippen molar-refractivity contribution in [3.8, 4) is 0 Å². The van der Waals surface area contributed by atoms with E-state index in [4.69, 9.17) is 0 Å². The fraction of sp³-hybridized carbons (Fsp3) is 0.588. The molecule has 1 aliphatic heterocycles. The maximum Gasteiger partial charge on any atom is 0.317 e. The number of carbonyl (C=O) groups is 1. The van der Waals surface area contributed by atoms with Crippen LogP contribution in [0.4, 0.5) is 10.5 Å². The van der Waals surface area contributed by atoms with Crippen LogP contribution in [0.5, 0.6) is 0 Å². The summed E-state index contributed by atoms with van der Waals surface area (Å²) in [6.07, 6.45) is 2.29. The Bertz CT molecular complexity index is 520. The SMILES string of the molecule is Cc1cc(C)c(N2CCN(C(=O)NC3CC3)CC2)c(C)c1. The van der Waals surface area contributed by atoms with Gasteiger partial charge in [0, 0.05) is 37.9 Å². The highest BCUT2D eigenvalue weighted by atomic mass is 16.2. The van der Waals surface area contributed by atoms with E-state index in [1.165, 1.54) is 22.4 Å². The third-order valence-electron chi connectivity index (χ3n) is 4.42. The van der Waals surface area contributed by atoms with Gasteiger partial charge in [-0.05, 0) is 44.7 Å². The zero-order valence-corrected chi connectivity index (χ0v) is 13.3. The van der Waals surface area contributed by atoms with Gasteiger partial charge in [0.05, 0.1) is 0 Å². The lowest BCUT2D eigenvalue weighted by Gasteiger charge is -2.37. The van der Waals surface area contributed by atoms with Gasteiger partial charge in [0.2, 0.25) is 0 Å². The summed E-state index contributed by atoms with van der Waals surface area (Å²) < 4.78 is 0. The van der Waals surface area contributed by atoms with E-state index in [0.717, 1.165) is 39.0 Å². The average molecular weight is 287 g/mol. The van der Waals surface area contributed by atoms with E-state index in [1.54, 1.807) is 0 Å².